The van der Waals surface area contributed by atoms with Crippen LogP contribution in [0.25, 0.3) is 11.0 Å². The highest BCUT2D eigenvalue weighted by Crippen LogP contribution is 2.33. The standard InChI is InChI=1S/C13H15ClFNO/c1-7(2)3-9-10-4-8(15)5-11(14)13(10)17-12(9)6-16/h4-5,7H,3,6,16H2,1-2H3. The minimum absolute atomic E-state index is 0.296. The van der Waals surface area contributed by atoms with E-state index in [4.69, 9.17) is 21.8 Å². The fraction of sp³-hybridized carbons (Fsp3) is 0.385. The summed E-state index contributed by atoms with van der Waals surface area (Å²) >= 11 is 5.97. The summed E-state index contributed by atoms with van der Waals surface area (Å²) in [5.41, 5.74) is 7.15. The van der Waals surface area contributed by atoms with Crippen LogP contribution in [0.3, 0.4) is 0 Å². The van der Waals surface area contributed by atoms with Gasteiger partial charge < -0.3 is 10.2 Å². The van der Waals surface area contributed by atoms with E-state index in [-0.39, 0.29) is 5.82 Å². The lowest BCUT2D eigenvalue weighted by atomic mass is 10.00. The molecular formula is C13H15ClFNO. The largest absolute Gasteiger partial charge is 0.458 e. The number of hydrogen-bond acceptors (Lipinski definition) is 2. The normalized spacial score (nSPS) is 11.6. The lowest BCUT2D eigenvalue weighted by molar-refractivity contribution is 0.535. The van der Waals surface area contributed by atoms with Crippen LogP contribution >= 0.6 is 11.6 Å². The molecular weight excluding hydrogens is 241 g/mol. The minimum atomic E-state index is -0.350. The van der Waals surface area contributed by atoms with E-state index < -0.39 is 0 Å². The number of benzene rings is 1. The molecule has 17 heavy (non-hydrogen) atoms. The second-order valence-corrected chi connectivity index (χ2v) is 4.98. The molecule has 0 saturated carbocycles. The summed E-state index contributed by atoms with van der Waals surface area (Å²) < 4.78 is 19.0. The van der Waals surface area contributed by atoms with Crippen LogP contribution in [-0.4, -0.2) is 0 Å². The maximum absolute atomic E-state index is 13.4. The first-order chi connectivity index (χ1) is 8.02. The lowest BCUT2D eigenvalue weighted by Gasteiger charge is -2.04. The molecule has 92 valence electrons. The SMILES string of the molecule is CC(C)Cc1c(CN)oc2c(Cl)cc(F)cc12. The Morgan fingerprint density at radius 3 is 2.71 bits per heavy atom. The smallest absolute Gasteiger partial charge is 0.153 e. The molecule has 0 saturated heterocycles. The van der Waals surface area contributed by atoms with Crippen molar-refractivity contribution in [3.8, 4) is 0 Å². The van der Waals surface area contributed by atoms with E-state index in [1.54, 1.807) is 0 Å². The molecule has 0 atom stereocenters. The number of furan rings is 1. The van der Waals surface area contributed by atoms with E-state index in [1.165, 1.54) is 12.1 Å². The summed E-state index contributed by atoms with van der Waals surface area (Å²) in [6.45, 7) is 4.49. The molecule has 0 aliphatic carbocycles. The molecule has 0 bridgehead atoms. The van der Waals surface area contributed by atoms with E-state index in [0.29, 0.717) is 28.8 Å². The molecule has 0 aliphatic rings. The van der Waals surface area contributed by atoms with Gasteiger partial charge >= 0.3 is 0 Å². The van der Waals surface area contributed by atoms with Gasteiger partial charge in [-0.15, -0.1) is 0 Å². The zero-order valence-electron chi connectivity index (χ0n) is 9.89. The molecule has 4 heteroatoms. The summed E-state index contributed by atoms with van der Waals surface area (Å²) in [5, 5.41) is 1.04. The Morgan fingerprint density at radius 2 is 2.12 bits per heavy atom. The highest BCUT2D eigenvalue weighted by Gasteiger charge is 2.17. The maximum atomic E-state index is 13.4. The summed E-state index contributed by atoms with van der Waals surface area (Å²) in [6.07, 6.45) is 0.805. The van der Waals surface area contributed by atoms with Crippen LogP contribution < -0.4 is 5.73 Å². The molecule has 2 N–H and O–H groups in total. The van der Waals surface area contributed by atoms with E-state index in [9.17, 15) is 4.39 Å². The Hall–Kier alpha value is -1.06. The maximum Gasteiger partial charge on any atom is 0.153 e. The van der Waals surface area contributed by atoms with Gasteiger partial charge in [0.15, 0.2) is 5.58 Å². The first-order valence-electron chi connectivity index (χ1n) is 5.62. The van der Waals surface area contributed by atoms with Gasteiger partial charge in [-0.2, -0.15) is 0 Å². The van der Waals surface area contributed by atoms with Gasteiger partial charge in [0.2, 0.25) is 0 Å². The van der Waals surface area contributed by atoms with Gasteiger partial charge in [0, 0.05) is 10.9 Å². The molecule has 2 nitrogen and oxygen atoms in total. The van der Waals surface area contributed by atoms with Crippen LogP contribution in [0.1, 0.15) is 25.2 Å². The molecule has 1 aromatic heterocycles. The average molecular weight is 256 g/mol. The summed E-state index contributed by atoms with van der Waals surface area (Å²) in [4.78, 5) is 0. The number of nitrogens with two attached hydrogens (primary N) is 1. The Morgan fingerprint density at radius 1 is 1.41 bits per heavy atom. The van der Waals surface area contributed by atoms with Gasteiger partial charge in [-0.3, -0.25) is 0 Å². The monoisotopic (exact) mass is 255 g/mol. The average Bonchev–Trinajstić information content (AvgIpc) is 2.56. The second kappa shape index (κ2) is 4.67. The van der Waals surface area contributed by atoms with Crippen molar-refractivity contribution < 1.29 is 8.81 Å². The quantitative estimate of drug-likeness (QED) is 0.904. The lowest BCUT2D eigenvalue weighted by Crippen LogP contribution is -2.01. The van der Waals surface area contributed by atoms with E-state index in [0.717, 1.165) is 17.4 Å². The van der Waals surface area contributed by atoms with Crippen LogP contribution in [0.5, 0.6) is 0 Å². The number of fused-ring (bicyclic) bond motifs is 1. The third-order valence-electron chi connectivity index (χ3n) is 2.69. The van der Waals surface area contributed by atoms with Gasteiger partial charge in [0.05, 0.1) is 11.6 Å². The fourth-order valence-corrected chi connectivity index (χ4v) is 2.26. The molecule has 2 rings (SSSR count). The molecule has 0 amide bonds. The summed E-state index contributed by atoms with van der Waals surface area (Å²) in [7, 11) is 0. The highest BCUT2D eigenvalue weighted by atomic mass is 35.5. The third-order valence-corrected chi connectivity index (χ3v) is 2.97. The number of hydrogen-bond donors (Lipinski definition) is 1. The molecule has 1 aromatic carbocycles. The van der Waals surface area contributed by atoms with Crippen molar-refractivity contribution in [2.45, 2.75) is 26.8 Å². The molecule has 0 radical (unpaired) electrons. The van der Waals surface area contributed by atoms with Crippen LogP contribution in [0.4, 0.5) is 4.39 Å². The predicted octanol–water partition coefficient (Wildman–Crippen LogP) is 3.88. The van der Waals surface area contributed by atoms with Crippen molar-refractivity contribution in [2.75, 3.05) is 0 Å². The summed E-state index contributed by atoms with van der Waals surface area (Å²) in [6, 6.07) is 2.72. The Labute approximate surface area is 105 Å². The van der Waals surface area contributed by atoms with Gasteiger partial charge in [-0.25, -0.2) is 4.39 Å². The Balaban J connectivity index is 2.69. The molecule has 0 spiro atoms. The van der Waals surface area contributed by atoms with Crippen molar-refractivity contribution in [3.05, 3.63) is 34.3 Å². The topological polar surface area (TPSA) is 39.2 Å². The van der Waals surface area contributed by atoms with Crippen molar-refractivity contribution in [1.82, 2.24) is 0 Å². The Bertz CT molecular complexity index is 548. The Kier molecular flexibility index (Phi) is 3.40. The van der Waals surface area contributed by atoms with Gasteiger partial charge in [-0.05, 0) is 24.5 Å². The van der Waals surface area contributed by atoms with Crippen molar-refractivity contribution in [1.29, 1.82) is 0 Å². The van der Waals surface area contributed by atoms with Crippen molar-refractivity contribution in [2.24, 2.45) is 11.7 Å². The predicted molar refractivity (Wildman–Crippen MR) is 67.6 cm³/mol. The zero-order chi connectivity index (χ0) is 12.6. The van der Waals surface area contributed by atoms with E-state index in [1.807, 2.05) is 0 Å². The second-order valence-electron chi connectivity index (χ2n) is 4.57. The van der Waals surface area contributed by atoms with E-state index in [2.05, 4.69) is 13.8 Å². The van der Waals surface area contributed by atoms with Crippen LogP contribution in [0.2, 0.25) is 5.02 Å². The zero-order valence-corrected chi connectivity index (χ0v) is 10.6. The molecule has 0 unspecified atom stereocenters. The fourth-order valence-electron chi connectivity index (χ4n) is 2.02. The molecule has 1 heterocycles. The van der Waals surface area contributed by atoms with Crippen LogP contribution in [-0.2, 0) is 13.0 Å². The summed E-state index contributed by atoms with van der Waals surface area (Å²) in [5.74, 6) is 0.793. The first-order valence-corrected chi connectivity index (χ1v) is 6.00. The molecule has 0 fully saturated rings. The third kappa shape index (κ3) is 2.31. The van der Waals surface area contributed by atoms with Gasteiger partial charge in [0.25, 0.3) is 0 Å². The highest BCUT2D eigenvalue weighted by molar-refractivity contribution is 6.34. The van der Waals surface area contributed by atoms with Crippen LogP contribution in [0.15, 0.2) is 16.5 Å². The number of halogens is 2. The number of rotatable bonds is 3. The van der Waals surface area contributed by atoms with Crippen LogP contribution in [0, 0.1) is 11.7 Å². The molecule has 2 aromatic rings. The van der Waals surface area contributed by atoms with Crippen molar-refractivity contribution >= 4 is 22.6 Å². The van der Waals surface area contributed by atoms with Gasteiger partial charge in [-0.1, -0.05) is 25.4 Å². The van der Waals surface area contributed by atoms with E-state index >= 15 is 0 Å². The van der Waals surface area contributed by atoms with Crippen molar-refractivity contribution in [3.63, 3.8) is 0 Å². The minimum Gasteiger partial charge on any atom is -0.458 e. The first kappa shape index (κ1) is 12.4. The molecule has 0 aliphatic heterocycles. The van der Waals surface area contributed by atoms with Gasteiger partial charge in [0.1, 0.15) is 11.6 Å².